The molecule has 2 aromatic rings. The Hall–Kier alpha value is -2.10. The maximum atomic E-state index is 12.7. The molecule has 0 N–H and O–H groups in total. The normalized spacial score (nSPS) is 9.13. The topological polar surface area (TPSA) is 47.0 Å². The van der Waals surface area contributed by atoms with Gasteiger partial charge in [0.1, 0.15) is 18.3 Å². The molecule has 0 saturated carbocycles. The van der Waals surface area contributed by atoms with Crippen LogP contribution in [0, 0.1) is 5.82 Å². The van der Waals surface area contributed by atoms with E-state index in [1.54, 1.807) is 18.2 Å². The fourth-order valence-corrected chi connectivity index (χ4v) is 1.18. The second kappa shape index (κ2) is 4.95. The average molecular weight is 205 g/mol. The molecule has 76 valence electrons. The van der Waals surface area contributed by atoms with Gasteiger partial charge >= 0.3 is 0 Å². The zero-order valence-electron chi connectivity index (χ0n) is 7.81. The quantitative estimate of drug-likeness (QED) is 0.669. The SMILES string of the molecule is C=O.O=Cc1ccc2cc(F)ccc2n1. The van der Waals surface area contributed by atoms with Crippen LogP contribution in [-0.4, -0.2) is 18.1 Å². The molecule has 2 rings (SSSR count). The van der Waals surface area contributed by atoms with Crippen LogP contribution in [0.4, 0.5) is 4.39 Å². The molecule has 0 fully saturated rings. The smallest absolute Gasteiger partial charge is 0.168 e. The molecule has 1 heterocycles. The number of carbonyl (C=O) groups excluding carboxylic acids is 2. The highest BCUT2D eigenvalue weighted by Crippen LogP contribution is 2.13. The highest BCUT2D eigenvalue weighted by atomic mass is 19.1. The molecule has 3 nitrogen and oxygen atoms in total. The van der Waals surface area contributed by atoms with E-state index in [-0.39, 0.29) is 5.82 Å². The Morgan fingerprint density at radius 1 is 1.20 bits per heavy atom. The van der Waals surface area contributed by atoms with Crippen LogP contribution in [-0.2, 0) is 4.79 Å². The molecule has 0 spiro atoms. The molecule has 1 aromatic carbocycles. The molecule has 0 aliphatic rings. The van der Waals surface area contributed by atoms with E-state index in [0.717, 1.165) is 0 Å². The van der Waals surface area contributed by atoms with Crippen molar-refractivity contribution >= 4 is 24.0 Å². The maximum Gasteiger partial charge on any atom is 0.168 e. The van der Waals surface area contributed by atoms with Crippen LogP contribution >= 0.6 is 0 Å². The van der Waals surface area contributed by atoms with E-state index in [4.69, 9.17) is 4.79 Å². The molecule has 1 aromatic heterocycles. The van der Waals surface area contributed by atoms with E-state index in [0.29, 0.717) is 22.9 Å². The summed E-state index contributed by atoms with van der Waals surface area (Å²) in [7, 11) is 0. The Kier molecular flexibility index (Phi) is 3.62. The van der Waals surface area contributed by atoms with Crippen molar-refractivity contribution in [3.63, 3.8) is 0 Å². The van der Waals surface area contributed by atoms with Crippen LogP contribution < -0.4 is 0 Å². The van der Waals surface area contributed by atoms with Gasteiger partial charge in [0.25, 0.3) is 0 Å². The van der Waals surface area contributed by atoms with Gasteiger partial charge in [-0.05, 0) is 24.3 Å². The van der Waals surface area contributed by atoms with E-state index >= 15 is 0 Å². The van der Waals surface area contributed by atoms with E-state index in [1.807, 2.05) is 6.79 Å². The minimum Gasteiger partial charge on any atom is -0.307 e. The molecule has 0 aliphatic carbocycles. The summed E-state index contributed by atoms with van der Waals surface area (Å²) >= 11 is 0. The van der Waals surface area contributed by atoms with Crippen molar-refractivity contribution in [3.05, 3.63) is 41.8 Å². The molecule has 0 saturated heterocycles. The number of nitrogens with zero attached hydrogens (tertiary/aromatic N) is 1. The standard InChI is InChI=1S/C10H6FNO.CH2O/c11-8-2-4-10-7(5-8)1-3-9(6-13)12-10;1-2/h1-6H;1H2. The average Bonchev–Trinajstić information content (AvgIpc) is 2.31. The van der Waals surface area contributed by atoms with Crippen LogP contribution in [0.15, 0.2) is 30.3 Å². The van der Waals surface area contributed by atoms with Crippen LogP contribution in [0.5, 0.6) is 0 Å². The van der Waals surface area contributed by atoms with Crippen molar-refractivity contribution in [1.82, 2.24) is 4.98 Å². The van der Waals surface area contributed by atoms with Gasteiger partial charge in [0.05, 0.1) is 5.52 Å². The van der Waals surface area contributed by atoms with Gasteiger partial charge in [0, 0.05) is 5.39 Å². The number of benzene rings is 1. The van der Waals surface area contributed by atoms with Crippen LogP contribution in [0.2, 0.25) is 0 Å². The lowest BCUT2D eigenvalue weighted by molar-refractivity contribution is -0.0979. The van der Waals surface area contributed by atoms with Gasteiger partial charge < -0.3 is 4.79 Å². The van der Waals surface area contributed by atoms with Gasteiger partial charge in [-0.1, -0.05) is 6.07 Å². The Balaban J connectivity index is 0.000000531. The molecule has 0 unspecified atom stereocenters. The number of aldehydes is 1. The van der Waals surface area contributed by atoms with E-state index in [1.165, 1.54) is 12.1 Å². The predicted octanol–water partition coefficient (Wildman–Crippen LogP) is 2.00. The summed E-state index contributed by atoms with van der Waals surface area (Å²) in [6.07, 6.45) is 0.669. The molecular formula is C11H8FNO2. The van der Waals surface area contributed by atoms with E-state index in [9.17, 15) is 9.18 Å². The fraction of sp³-hybridized carbons (Fsp3) is 0. The van der Waals surface area contributed by atoms with E-state index < -0.39 is 0 Å². The second-order valence-corrected chi connectivity index (χ2v) is 2.69. The van der Waals surface area contributed by atoms with Gasteiger partial charge in [-0.25, -0.2) is 9.37 Å². The van der Waals surface area contributed by atoms with E-state index in [2.05, 4.69) is 4.98 Å². The monoisotopic (exact) mass is 205 g/mol. The Morgan fingerprint density at radius 2 is 1.93 bits per heavy atom. The molecule has 0 radical (unpaired) electrons. The van der Waals surface area contributed by atoms with Crippen molar-refractivity contribution in [2.24, 2.45) is 0 Å². The minimum absolute atomic E-state index is 0.298. The summed E-state index contributed by atoms with van der Waals surface area (Å²) in [5.74, 6) is -0.298. The molecule has 0 amide bonds. The Morgan fingerprint density at radius 3 is 2.60 bits per heavy atom. The van der Waals surface area contributed by atoms with Crippen LogP contribution in [0.3, 0.4) is 0 Å². The Bertz CT molecular complexity index is 485. The number of rotatable bonds is 1. The van der Waals surface area contributed by atoms with Crippen molar-refractivity contribution in [1.29, 1.82) is 0 Å². The van der Waals surface area contributed by atoms with Crippen LogP contribution in [0.1, 0.15) is 10.5 Å². The highest BCUT2D eigenvalue weighted by molar-refractivity contribution is 5.83. The molecule has 4 heteroatoms. The van der Waals surface area contributed by atoms with Crippen molar-refractivity contribution < 1.29 is 14.0 Å². The molecule has 15 heavy (non-hydrogen) atoms. The first kappa shape index (κ1) is 11.0. The lowest BCUT2D eigenvalue weighted by atomic mass is 10.2. The number of aromatic nitrogens is 1. The summed E-state index contributed by atoms with van der Waals surface area (Å²) in [4.78, 5) is 22.4. The number of fused-ring (bicyclic) bond motifs is 1. The first-order valence-corrected chi connectivity index (χ1v) is 4.10. The number of hydrogen-bond donors (Lipinski definition) is 0. The minimum atomic E-state index is -0.298. The zero-order valence-corrected chi connectivity index (χ0v) is 7.81. The van der Waals surface area contributed by atoms with Gasteiger partial charge in [0.2, 0.25) is 0 Å². The number of halogens is 1. The van der Waals surface area contributed by atoms with Gasteiger partial charge in [0.15, 0.2) is 6.29 Å². The summed E-state index contributed by atoms with van der Waals surface area (Å²) in [5.41, 5.74) is 0.991. The summed E-state index contributed by atoms with van der Waals surface area (Å²) in [6.45, 7) is 2.00. The summed E-state index contributed by atoms with van der Waals surface area (Å²) < 4.78 is 12.7. The lowest BCUT2D eigenvalue weighted by Crippen LogP contribution is -1.87. The third kappa shape index (κ3) is 2.43. The summed E-state index contributed by atoms with van der Waals surface area (Å²) in [5, 5.41) is 0.700. The molecule has 0 atom stereocenters. The first-order chi connectivity index (χ1) is 7.29. The number of carbonyl (C=O) groups is 2. The maximum absolute atomic E-state index is 12.7. The molecular weight excluding hydrogens is 197 g/mol. The van der Waals surface area contributed by atoms with Crippen LogP contribution in [0.25, 0.3) is 10.9 Å². The third-order valence-electron chi connectivity index (χ3n) is 1.79. The molecule has 0 bridgehead atoms. The lowest BCUT2D eigenvalue weighted by Gasteiger charge is -1.96. The van der Waals surface area contributed by atoms with Gasteiger partial charge in [-0.3, -0.25) is 4.79 Å². The Labute approximate surface area is 85.6 Å². The van der Waals surface area contributed by atoms with Gasteiger partial charge in [-0.15, -0.1) is 0 Å². The fourth-order valence-electron chi connectivity index (χ4n) is 1.18. The number of hydrogen-bond acceptors (Lipinski definition) is 3. The van der Waals surface area contributed by atoms with Crippen molar-refractivity contribution in [3.8, 4) is 0 Å². The largest absolute Gasteiger partial charge is 0.307 e. The molecule has 0 aliphatic heterocycles. The van der Waals surface area contributed by atoms with Crippen molar-refractivity contribution in [2.75, 3.05) is 0 Å². The van der Waals surface area contributed by atoms with Crippen molar-refractivity contribution in [2.45, 2.75) is 0 Å². The highest BCUT2D eigenvalue weighted by Gasteiger charge is 1.98. The van der Waals surface area contributed by atoms with Gasteiger partial charge in [-0.2, -0.15) is 0 Å². The number of pyridine rings is 1. The second-order valence-electron chi connectivity index (χ2n) is 2.69. The predicted molar refractivity (Wildman–Crippen MR) is 54.2 cm³/mol. The third-order valence-corrected chi connectivity index (χ3v) is 1.79. The summed E-state index contributed by atoms with van der Waals surface area (Å²) in [6, 6.07) is 7.50. The first-order valence-electron chi connectivity index (χ1n) is 4.10. The zero-order chi connectivity index (χ0) is 11.3.